The fourth-order valence-corrected chi connectivity index (χ4v) is 1.48. The Bertz CT molecular complexity index is 552. The van der Waals surface area contributed by atoms with Crippen molar-refractivity contribution < 1.29 is 4.79 Å². The number of nitrogens with one attached hydrogen (secondary N) is 1. The number of hydrogen-bond donors (Lipinski definition) is 2. The summed E-state index contributed by atoms with van der Waals surface area (Å²) < 4.78 is 0. The van der Waals surface area contributed by atoms with Crippen molar-refractivity contribution in [2.45, 2.75) is 6.92 Å². The summed E-state index contributed by atoms with van der Waals surface area (Å²) in [5.74, 6) is 0.0778. The van der Waals surface area contributed by atoms with Gasteiger partial charge in [0.2, 0.25) is 0 Å². The third-order valence-corrected chi connectivity index (χ3v) is 2.40. The van der Waals surface area contributed by atoms with Crippen LogP contribution in [0.4, 0.5) is 11.5 Å². The van der Waals surface area contributed by atoms with Crippen LogP contribution in [0.3, 0.4) is 0 Å². The van der Waals surface area contributed by atoms with Gasteiger partial charge < -0.3 is 11.1 Å². The van der Waals surface area contributed by atoms with Crippen LogP contribution in [-0.4, -0.2) is 10.9 Å². The van der Waals surface area contributed by atoms with Gasteiger partial charge in [-0.15, -0.1) is 0 Å². The number of amides is 1. The molecule has 0 unspecified atom stereocenters. The molecular weight excluding hydrogens is 214 g/mol. The number of carbonyl (C=O) groups excluding carboxylic acids is 1. The normalized spacial score (nSPS) is 9.94. The molecule has 2 aromatic rings. The summed E-state index contributed by atoms with van der Waals surface area (Å²) in [6.07, 6.45) is 0. The molecule has 3 N–H and O–H groups in total. The van der Waals surface area contributed by atoms with Crippen LogP contribution in [0.1, 0.15) is 16.1 Å². The van der Waals surface area contributed by atoms with Crippen molar-refractivity contribution in [3.63, 3.8) is 0 Å². The Kier molecular flexibility index (Phi) is 3.05. The number of aromatic nitrogens is 1. The highest BCUT2D eigenvalue weighted by Gasteiger charge is 2.08. The van der Waals surface area contributed by atoms with E-state index in [2.05, 4.69) is 10.3 Å². The molecule has 0 saturated heterocycles. The zero-order valence-electron chi connectivity index (χ0n) is 9.47. The van der Waals surface area contributed by atoms with Crippen LogP contribution in [0, 0.1) is 6.92 Å². The van der Waals surface area contributed by atoms with Crippen LogP contribution in [0.2, 0.25) is 0 Å². The Morgan fingerprint density at radius 3 is 2.65 bits per heavy atom. The molecule has 0 aliphatic carbocycles. The van der Waals surface area contributed by atoms with Crippen LogP contribution in [0.5, 0.6) is 0 Å². The summed E-state index contributed by atoms with van der Waals surface area (Å²) in [4.78, 5) is 15.9. The summed E-state index contributed by atoms with van der Waals surface area (Å²) in [5.41, 5.74) is 7.63. The van der Waals surface area contributed by atoms with Crippen molar-refractivity contribution in [1.29, 1.82) is 0 Å². The van der Waals surface area contributed by atoms with Crippen LogP contribution < -0.4 is 11.1 Å². The molecule has 2 rings (SSSR count). The third kappa shape index (κ3) is 2.60. The summed E-state index contributed by atoms with van der Waals surface area (Å²) in [6.45, 7) is 1.93. The number of pyridine rings is 1. The molecule has 0 atom stereocenters. The van der Waals surface area contributed by atoms with Crippen molar-refractivity contribution >= 4 is 17.4 Å². The van der Waals surface area contributed by atoms with Gasteiger partial charge in [-0.3, -0.25) is 4.79 Å². The van der Waals surface area contributed by atoms with Gasteiger partial charge in [0, 0.05) is 5.69 Å². The van der Waals surface area contributed by atoms with Gasteiger partial charge in [0.1, 0.15) is 11.5 Å². The fourth-order valence-electron chi connectivity index (χ4n) is 1.48. The average Bonchev–Trinajstić information content (AvgIpc) is 2.32. The molecular formula is C13H13N3O. The van der Waals surface area contributed by atoms with Gasteiger partial charge in [-0.05, 0) is 30.7 Å². The summed E-state index contributed by atoms with van der Waals surface area (Å²) in [7, 11) is 0. The Balaban J connectivity index is 2.20. The SMILES string of the molecule is Cc1ccccc1NC(=O)c1cccc(N)n1. The van der Waals surface area contributed by atoms with E-state index in [1.54, 1.807) is 18.2 Å². The lowest BCUT2D eigenvalue weighted by molar-refractivity contribution is 0.102. The molecule has 0 radical (unpaired) electrons. The van der Waals surface area contributed by atoms with Crippen LogP contribution in [0.25, 0.3) is 0 Å². The standard InChI is InChI=1S/C13H13N3O/c1-9-5-2-3-6-10(9)16-13(17)11-7-4-8-12(14)15-11/h2-8H,1H3,(H2,14,15)(H,16,17). The fraction of sp³-hybridized carbons (Fsp3) is 0.0769. The molecule has 1 aromatic carbocycles. The molecule has 4 heteroatoms. The van der Waals surface area contributed by atoms with Gasteiger partial charge in [0.05, 0.1) is 0 Å². The Morgan fingerprint density at radius 1 is 1.18 bits per heavy atom. The van der Waals surface area contributed by atoms with E-state index in [0.29, 0.717) is 11.5 Å². The lowest BCUT2D eigenvalue weighted by Gasteiger charge is -2.07. The smallest absolute Gasteiger partial charge is 0.274 e. The van der Waals surface area contributed by atoms with E-state index < -0.39 is 0 Å². The van der Waals surface area contributed by atoms with Crippen molar-refractivity contribution in [1.82, 2.24) is 4.98 Å². The van der Waals surface area contributed by atoms with E-state index in [4.69, 9.17) is 5.73 Å². The molecule has 0 fully saturated rings. The van der Waals surface area contributed by atoms with Gasteiger partial charge in [-0.25, -0.2) is 4.98 Å². The molecule has 0 saturated carbocycles. The molecule has 86 valence electrons. The maximum Gasteiger partial charge on any atom is 0.274 e. The molecule has 1 amide bonds. The highest BCUT2D eigenvalue weighted by atomic mass is 16.1. The van der Waals surface area contributed by atoms with E-state index in [1.807, 2.05) is 31.2 Å². The molecule has 0 spiro atoms. The number of hydrogen-bond acceptors (Lipinski definition) is 3. The lowest BCUT2D eigenvalue weighted by Crippen LogP contribution is -2.14. The van der Waals surface area contributed by atoms with Crippen molar-refractivity contribution in [3.8, 4) is 0 Å². The van der Waals surface area contributed by atoms with Gasteiger partial charge in [0.15, 0.2) is 0 Å². The molecule has 0 aliphatic heterocycles. The van der Waals surface area contributed by atoms with Crippen molar-refractivity contribution in [3.05, 3.63) is 53.7 Å². The summed E-state index contributed by atoms with van der Waals surface area (Å²) >= 11 is 0. The monoisotopic (exact) mass is 227 g/mol. The molecule has 1 aromatic heterocycles. The lowest BCUT2D eigenvalue weighted by atomic mass is 10.2. The predicted molar refractivity (Wildman–Crippen MR) is 67.8 cm³/mol. The number of para-hydroxylation sites is 1. The number of nitrogen functional groups attached to an aromatic ring is 1. The average molecular weight is 227 g/mol. The first-order valence-electron chi connectivity index (χ1n) is 5.26. The first-order chi connectivity index (χ1) is 8.16. The van der Waals surface area contributed by atoms with Crippen LogP contribution >= 0.6 is 0 Å². The Labute approximate surface area is 99.5 Å². The summed E-state index contributed by atoms with van der Waals surface area (Å²) in [6, 6.07) is 12.5. The number of nitrogens with zero attached hydrogens (tertiary/aromatic N) is 1. The van der Waals surface area contributed by atoms with E-state index in [9.17, 15) is 4.79 Å². The van der Waals surface area contributed by atoms with Gasteiger partial charge in [-0.2, -0.15) is 0 Å². The maximum absolute atomic E-state index is 11.9. The van der Waals surface area contributed by atoms with E-state index in [1.165, 1.54) is 0 Å². The topological polar surface area (TPSA) is 68.0 Å². The molecule has 0 aliphatic rings. The number of benzene rings is 1. The van der Waals surface area contributed by atoms with Crippen LogP contribution in [-0.2, 0) is 0 Å². The quantitative estimate of drug-likeness (QED) is 0.826. The number of rotatable bonds is 2. The number of anilines is 2. The third-order valence-electron chi connectivity index (χ3n) is 2.40. The molecule has 4 nitrogen and oxygen atoms in total. The van der Waals surface area contributed by atoms with Gasteiger partial charge >= 0.3 is 0 Å². The van der Waals surface area contributed by atoms with Gasteiger partial charge in [0.25, 0.3) is 5.91 Å². The molecule has 17 heavy (non-hydrogen) atoms. The summed E-state index contributed by atoms with van der Waals surface area (Å²) in [5, 5.41) is 2.80. The number of aryl methyl sites for hydroxylation is 1. The molecule has 0 bridgehead atoms. The second-order valence-electron chi connectivity index (χ2n) is 3.72. The minimum absolute atomic E-state index is 0.258. The van der Waals surface area contributed by atoms with E-state index in [-0.39, 0.29) is 5.91 Å². The number of carbonyl (C=O) groups is 1. The zero-order chi connectivity index (χ0) is 12.3. The molecule has 1 heterocycles. The predicted octanol–water partition coefficient (Wildman–Crippen LogP) is 2.22. The van der Waals surface area contributed by atoms with Gasteiger partial charge in [-0.1, -0.05) is 24.3 Å². The van der Waals surface area contributed by atoms with Crippen molar-refractivity contribution in [2.24, 2.45) is 0 Å². The first kappa shape index (κ1) is 11.1. The first-order valence-corrected chi connectivity index (χ1v) is 5.26. The number of nitrogens with two attached hydrogens (primary N) is 1. The minimum atomic E-state index is -0.258. The Morgan fingerprint density at radius 2 is 1.94 bits per heavy atom. The Hall–Kier alpha value is -2.36. The minimum Gasteiger partial charge on any atom is -0.384 e. The second-order valence-corrected chi connectivity index (χ2v) is 3.72. The van der Waals surface area contributed by atoms with E-state index >= 15 is 0 Å². The second kappa shape index (κ2) is 4.65. The highest BCUT2D eigenvalue weighted by Crippen LogP contribution is 2.14. The van der Waals surface area contributed by atoms with Crippen molar-refractivity contribution in [2.75, 3.05) is 11.1 Å². The maximum atomic E-state index is 11.9. The zero-order valence-corrected chi connectivity index (χ0v) is 9.47. The highest BCUT2D eigenvalue weighted by molar-refractivity contribution is 6.03. The van der Waals surface area contributed by atoms with Crippen LogP contribution in [0.15, 0.2) is 42.5 Å². The largest absolute Gasteiger partial charge is 0.384 e. The van der Waals surface area contributed by atoms with E-state index in [0.717, 1.165) is 11.3 Å².